The molecule has 16 heavy (non-hydrogen) atoms. The molecule has 4 heteroatoms. The molecule has 0 aliphatic carbocycles. The van der Waals surface area contributed by atoms with Gasteiger partial charge in [-0.25, -0.2) is 0 Å². The highest BCUT2D eigenvalue weighted by molar-refractivity contribution is 9.09. The predicted molar refractivity (Wildman–Crippen MR) is 69.7 cm³/mol. The first-order chi connectivity index (χ1) is 7.47. The zero-order valence-corrected chi connectivity index (χ0v) is 11.2. The molecule has 1 aromatic rings. The van der Waals surface area contributed by atoms with Gasteiger partial charge in [-0.15, -0.1) is 0 Å². The summed E-state index contributed by atoms with van der Waals surface area (Å²) in [6, 6.07) is 3.62. The average molecular weight is 288 g/mol. The Morgan fingerprint density at radius 1 is 1.25 bits per heavy atom. The number of hydrogen-bond donors (Lipinski definition) is 3. The molecule has 0 radical (unpaired) electrons. The summed E-state index contributed by atoms with van der Waals surface area (Å²) in [5, 5.41) is 20.5. The van der Waals surface area contributed by atoms with E-state index in [1.165, 1.54) is 0 Å². The summed E-state index contributed by atoms with van der Waals surface area (Å²) in [5.41, 5.74) is 9.00. The molecule has 0 heterocycles. The van der Waals surface area contributed by atoms with Crippen molar-refractivity contribution in [2.75, 3.05) is 11.1 Å². The zero-order chi connectivity index (χ0) is 12.3. The van der Waals surface area contributed by atoms with Crippen molar-refractivity contribution in [3.05, 3.63) is 28.8 Å². The van der Waals surface area contributed by atoms with Crippen molar-refractivity contribution in [2.24, 2.45) is 0 Å². The monoisotopic (exact) mass is 287 g/mol. The topological polar surface area (TPSA) is 66.5 Å². The third-order valence-electron chi connectivity index (χ3n) is 2.68. The summed E-state index contributed by atoms with van der Waals surface area (Å²) in [6.07, 6.45) is -1.08. The van der Waals surface area contributed by atoms with Crippen LogP contribution >= 0.6 is 15.9 Å². The van der Waals surface area contributed by atoms with Crippen LogP contribution in [0.4, 0.5) is 5.69 Å². The Balaban J connectivity index is 3.03. The van der Waals surface area contributed by atoms with E-state index in [1.54, 1.807) is 0 Å². The van der Waals surface area contributed by atoms with Crippen LogP contribution in [0.25, 0.3) is 0 Å². The van der Waals surface area contributed by atoms with Crippen LogP contribution in [-0.4, -0.2) is 21.6 Å². The Morgan fingerprint density at radius 3 is 2.19 bits per heavy atom. The Kier molecular flexibility index (Phi) is 4.77. The molecular formula is C12H18BrNO2. The second-order valence-corrected chi connectivity index (χ2v) is 4.85. The van der Waals surface area contributed by atoms with Crippen LogP contribution in [0.1, 0.15) is 29.2 Å². The van der Waals surface area contributed by atoms with Gasteiger partial charge < -0.3 is 15.9 Å². The maximum atomic E-state index is 10.1. The lowest BCUT2D eigenvalue weighted by atomic mass is 9.93. The molecule has 90 valence electrons. The molecule has 0 spiro atoms. The van der Waals surface area contributed by atoms with Gasteiger partial charge in [-0.2, -0.15) is 0 Å². The number of halogens is 1. The molecule has 0 aromatic heterocycles. The van der Waals surface area contributed by atoms with Crippen LogP contribution in [0.5, 0.6) is 0 Å². The highest BCUT2D eigenvalue weighted by Gasteiger charge is 2.21. The molecule has 4 N–H and O–H groups in total. The van der Waals surface area contributed by atoms with Gasteiger partial charge in [0.25, 0.3) is 0 Å². The van der Waals surface area contributed by atoms with Gasteiger partial charge in [0.05, 0.1) is 6.10 Å². The summed E-state index contributed by atoms with van der Waals surface area (Å²) in [4.78, 5) is 0. The first-order valence-corrected chi connectivity index (χ1v) is 6.38. The molecule has 0 aliphatic heterocycles. The molecule has 0 saturated heterocycles. The summed E-state index contributed by atoms with van der Waals surface area (Å²) < 4.78 is 0. The fourth-order valence-electron chi connectivity index (χ4n) is 1.94. The molecule has 1 aromatic carbocycles. The maximum Gasteiger partial charge on any atom is 0.105 e. The number of nitrogen functional groups attached to an aromatic ring is 1. The number of alkyl halides is 1. The smallest absolute Gasteiger partial charge is 0.105 e. The SMILES string of the molecule is Cc1cc(N)cc(C)c1C(O)C(O)CCBr. The average Bonchev–Trinajstić information content (AvgIpc) is 2.16. The molecule has 2 unspecified atom stereocenters. The lowest BCUT2D eigenvalue weighted by Crippen LogP contribution is -2.20. The van der Waals surface area contributed by atoms with Crippen LogP contribution < -0.4 is 5.73 Å². The van der Waals surface area contributed by atoms with E-state index < -0.39 is 12.2 Å². The second kappa shape index (κ2) is 5.66. The first kappa shape index (κ1) is 13.5. The third-order valence-corrected chi connectivity index (χ3v) is 3.14. The predicted octanol–water partition coefficient (Wildman–Crippen LogP) is 2.06. The van der Waals surface area contributed by atoms with Crippen molar-refractivity contribution in [1.82, 2.24) is 0 Å². The second-order valence-electron chi connectivity index (χ2n) is 4.06. The molecule has 0 saturated carbocycles. The van der Waals surface area contributed by atoms with Crippen molar-refractivity contribution in [3.8, 4) is 0 Å². The van der Waals surface area contributed by atoms with Gasteiger partial charge in [0.2, 0.25) is 0 Å². The summed E-state index contributed by atoms with van der Waals surface area (Å²) in [6.45, 7) is 3.78. The van der Waals surface area contributed by atoms with E-state index in [0.29, 0.717) is 17.4 Å². The van der Waals surface area contributed by atoms with E-state index in [-0.39, 0.29) is 0 Å². The van der Waals surface area contributed by atoms with Gasteiger partial charge in [-0.3, -0.25) is 0 Å². The minimum Gasteiger partial charge on any atom is -0.399 e. The van der Waals surface area contributed by atoms with Crippen molar-refractivity contribution in [2.45, 2.75) is 32.5 Å². The molecule has 0 amide bonds. The quantitative estimate of drug-likeness (QED) is 0.587. The molecule has 3 nitrogen and oxygen atoms in total. The van der Waals surface area contributed by atoms with Gasteiger partial charge in [0.1, 0.15) is 6.10 Å². The first-order valence-electron chi connectivity index (χ1n) is 5.26. The van der Waals surface area contributed by atoms with Crippen LogP contribution in [0.15, 0.2) is 12.1 Å². The van der Waals surface area contributed by atoms with Crippen molar-refractivity contribution in [1.29, 1.82) is 0 Å². The Bertz CT molecular complexity index is 345. The zero-order valence-electron chi connectivity index (χ0n) is 9.57. The Morgan fingerprint density at radius 2 is 1.75 bits per heavy atom. The van der Waals surface area contributed by atoms with Gasteiger partial charge in [-0.05, 0) is 49.1 Å². The van der Waals surface area contributed by atoms with E-state index >= 15 is 0 Å². The van der Waals surface area contributed by atoms with E-state index in [9.17, 15) is 10.2 Å². The molecule has 2 atom stereocenters. The fourth-order valence-corrected chi connectivity index (χ4v) is 2.41. The number of hydrogen-bond acceptors (Lipinski definition) is 3. The Hall–Kier alpha value is -0.580. The number of benzene rings is 1. The lowest BCUT2D eigenvalue weighted by Gasteiger charge is -2.21. The van der Waals surface area contributed by atoms with Gasteiger partial charge in [0.15, 0.2) is 0 Å². The largest absolute Gasteiger partial charge is 0.399 e. The number of aliphatic hydroxyl groups excluding tert-OH is 2. The van der Waals surface area contributed by atoms with Crippen molar-refractivity contribution >= 4 is 21.6 Å². The van der Waals surface area contributed by atoms with E-state index in [2.05, 4.69) is 15.9 Å². The lowest BCUT2D eigenvalue weighted by molar-refractivity contribution is 0.0166. The molecule has 1 rings (SSSR count). The third kappa shape index (κ3) is 2.97. The summed E-state index contributed by atoms with van der Waals surface area (Å²) in [5.74, 6) is 0. The number of nitrogens with two attached hydrogens (primary N) is 1. The van der Waals surface area contributed by atoms with Crippen LogP contribution in [-0.2, 0) is 0 Å². The number of rotatable bonds is 4. The number of aryl methyl sites for hydroxylation is 2. The highest BCUT2D eigenvalue weighted by atomic mass is 79.9. The van der Waals surface area contributed by atoms with Crippen LogP contribution in [0, 0.1) is 13.8 Å². The molecule has 0 fully saturated rings. The van der Waals surface area contributed by atoms with Gasteiger partial charge in [0, 0.05) is 11.0 Å². The maximum absolute atomic E-state index is 10.1. The van der Waals surface area contributed by atoms with Gasteiger partial charge in [-0.1, -0.05) is 15.9 Å². The van der Waals surface area contributed by atoms with Crippen LogP contribution in [0.3, 0.4) is 0 Å². The standard InChI is InChI=1S/C12H18BrNO2/c1-7-5-9(14)6-8(2)11(7)12(16)10(15)3-4-13/h5-6,10,12,15-16H,3-4,14H2,1-2H3. The van der Waals surface area contributed by atoms with Crippen LogP contribution in [0.2, 0.25) is 0 Å². The van der Waals surface area contributed by atoms with E-state index in [0.717, 1.165) is 16.7 Å². The fraction of sp³-hybridized carbons (Fsp3) is 0.500. The highest BCUT2D eigenvalue weighted by Crippen LogP contribution is 2.28. The minimum atomic E-state index is -0.849. The summed E-state index contributed by atoms with van der Waals surface area (Å²) >= 11 is 3.25. The number of aliphatic hydroxyl groups is 2. The molecule has 0 aliphatic rings. The van der Waals surface area contributed by atoms with Crippen molar-refractivity contribution < 1.29 is 10.2 Å². The molecule has 0 bridgehead atoms. The number of anilines is 1. The van der Waals surface area contributed by atoms with E-state index in [4.69, 9.17) is 5.73 Å². The molecular weight excluding hydrogens is 270 g/mol. The van der Waals surface area contributed by atoms with E-state index in [1.807, 2.05) is 26.0 Å². The van der Waals surface area contributed by atoms with Gasteiger partial charge >= 0.3 is 0 Å². The van der Waals surface area contributed by atoms with Crippen molar-refractivity contribution in [3.63, 3.8) is 0 Å². The normalized spacial score (nSPS) is 14.8. The minimum absolute atomic E-state index is 0.518. The summed E-state index contributed by atoms with van der Waals surface area (Å²) in [7, 11) is 0. The Labute approximate surface area is 104 Å².